The monoisotopic (exact) mass is 312 g/mol. The summed E-state index contributed by atoms with van der Waals surface area (Å²) in [6, 6.07) is 2.23. The van der Waals surface area contributed by atoms with Gasteiger partial charge in [0.1, 0.15) is 16.7 Å². The first-order chi connectivity index (χ1) is 9.25. The maximum atomic E-state index is 13.6. The quantitative estimate of drug-likeness (QED) is 0.864. The molecule has 20 heavy (non-hydrogen) atoms. The molecule has 0 amide bonds. The van der Waals surface area contributed by atoms with Crippen molar-refractivity contribution in [2.24, 2.45) is 0 Å². The maximum Gasteiger partial charge on any atom is 0.435 e. The van der Waals surface area contributed by atoms with Crippen LogP contribution < -0.4 is 0 Å². The SMILES string of the molecule is OCc1c(C(F)(F)F)nn(-c2ccc(F)cc2F)c1Cl. The van der Waals surface area contributed by atoms with Crippen LogP contribution in [-0.4, -0.2) is 14.9 Å². The molecule has 0 bridgehead atoms. The van der Waals surface area contributed by atoms with Crippen molar-refractivity contribution in [1.82, 2.24) is 9.78 Å². The highest BCUT2D eigenvalue weighted by Gasteiger charge is 2.39. The molecule has 0 aliphatic rings. The molecule has 1 heterocycles. The van der Waals surface area contributed by atoms with Crippen LogP contribution in [0.5, 0.6) is 0 Å². The predicted octanol–water partition coefficient (Wildman–Crippen LogP) is 3.32. The van der Waals surface area contributed by atoms with Gasteiger partial charge in [0.05, 0.1) is 6.61 Å². The van der Waals surface area contributed by atoms with E-state index in [0.717, 1.165) is 12.1 Å². The summed E-state index contributed by atoms with van der Waals surface area (Å²) >= 11 is 5.66. The summed E-state index contributed by atoms with van der Waals surface area (Å²) in [5.74, 6) is -2.03. The van der Waals surface area contributed by atoms with Crippen molar-refractivity contribution in [3.8, 4) is 5.69 Å². The van der Waals surface area contributed by atoms with Crippen LogP contribution >= 0.6 is 11.6 Å². The highest BCUT2D eigenvalue weighted by molar-refractivity contribution is 6.30. The molecule has 3 nitrogen and oxygen atoms in total. The van der Waals surface area contributed by atoms with E-state index in [4.69, 9.17) is 16.7 Å². The number of hydrogen-bond donors (Lipinski definition) is 1. The fourth-order valence-corrected chi connectivity index (χ4v) is 1.89. The Morgan fingerprint density at radius 2 is 1.90 bits per heavy atom. The predicted molar refractivity (Wildman–Crippen MR) is 59.4 cm³/mol. The van der Waals surface area contributed by atoms with Crippen molar-refractivity contribution in [3.63, 3.8) is 0 Å². The number of rotatable bonds is 2. The molecule has 0 aliphatic heterocycles. The summed E-state index contributed by atoms with van der Waals surface area (Å²) in [5.41, 5.74) is -2.56. The van der Waals surface area contributed by atoms with E-state index in [0.29, 0.717) is 10.7 Å². The van der Waals surface area contributed by atoms with Crippen molar-refractivity contribution in [2.45, 2.75) is 12.8 Å². The molecule has 0 saturated carbocycles. The zero-order chi connectivity index (χ0) is 15.1. The zero-order valence-corrected chi connectivity index (χ0v) is 10.3. The van der Waals surface area contributed by atoms with E-state index >= 15 is 0 Å². The van der Waals surface area contributed by atoms with Crippen molar-refractivity contribution >= 4 is 11.6 Å². The molecule has 0 saturated heterocycles. The Morgan fingerprint density at radius 3 is 2.35 bits per heavy atom. The van der Waals surface area contributed by atoms with Crippen molar-refractivity contribution in [1.29, 1.82) is 0 Å². The third kappa shape index (κ3) is 2.48. The fraction of sp³-hybridized carbons (Fsp3) is 0.182. The largest absolute Gasteiger partial charge is 0.435 e. The van der Waals surface area contributed by atoms with Gasteiger partial charge < -0.3 is 5.11 Å². The molecular formula is C11H6ClF5N2O. The van der Waals surface area contributed by atoms with Crippen LogP contribution in [0.15, 0.2) is 18.2 Å². The Morgan fingerprint density at radius 1 is 1.25 bits per heavy atom. The molecule has 0 radical (unpaired) electrons. The van der Waals surface area contributed by atoms with Gasteiger partial charge in [-0.2, -0.15) is 18.3 Å². The Hall–Kier alpha value is -1.67. The molecule has 0 atom stereocenters. The number of aliphatic hydroxyl groups excluding tert-OH is 1. The van der Waals surface area contributed by atoms with Gasteiger partial charge in [-0.3, -0.25) is 0 Å². The average Bonchev–Trinajstić information content (AvgIpc) is 2.66. The lowest BCUT2D eigenvalue weighted by atomic mass is 10.2. The van der Waals surface area contributed by atoms with Crippen LogP contribution in [0.3, 0.4) is 0 Å². The van der Waals surface area contributed by atoms with Crippen LogP contribution in [0, 0.1) is 11.6 Å². The van der Waals surface area contributed by atoms with Crippen molar-refractivity contribution < 1.29 is 27.1 Å². The smallest absolute Gasteiger partial charge is 0.391 e. The third-order valence-corrected chi connectivity index (χ3v) is 2.87. The number of aromatic nitrogens is 2. The molecule has 0 aliphatic carbocycles. The Kier molecular flexibility index (Phi) is 3.70. The summed E-state index contributed by atoms with van der Waals surface area (Å²) in [5, 5.41) is 11.5. The second-order valence-electron chi connectivity index (χ2n) is 3.78. The van der Waals surface area contributed by atoms with Gasteiger partial charge in [-0.25, -0.2) is 13.5 Å². The van der Waals surface area contributed by atoms with E-state index in [9.17, 15) is 22.0 Å². The topological polar surface area (TPSA) is 38.1 Å². The Bertz CT molecular complexity index is 653. The van der Waals surface area contributed by atoms with E-state index in [2.05, 4.69) is 5.10 Å². The number of halogens is 6. The van der Waals surface area contributed by atoms with E-state index < -0.39 is 46.5 Å². The summed E-state index contributed by atoms with van der Waals surface area (Å²) in [7, 11) is 0. The molecule has 1 aromatic heterocycles. The van der Waals surface area contributed by atoms with E-state index in [-0.39, 0.29) is 0 Å². The molecule has 0 spiro atoms. The van der Waals surface area contributed by atoms with Gasteiger partial charge in [-0.05, 0) is 12.1 Å². The molecule has 1 aromatic carbocycles. The molecule has 2 aromatic rings. The summed E-state index contributed by atoms with van der Waals surface area (Å²) < 4.78 is 64.9. The summed E-state index contributed by atoms with van der Waals surface area (Å²) in [6.45, 7) is -1.02. The highest BCUT2D eigenvalue weighted by atomic mass is 35.5. The lowest BCUT2D eigenvalue weighted by molar-refractivity contribution is -0.142. The molecule has 2 rings (SSSR count). The minimum Gasteiger partial charge on any atom is -0.391 e. The van der Waals surface area contributed by atoms with Crippen molar-refractivity contribution in [2.75, 3.05) is 0 Å². The van der Waals surface area contributed by atoms with Crippen LogP contribution in [0.2, 0.25) is 5.15 Å². The number of benzene rings is 1. The standard InChI is InChI=1S/C11H6ClF5N2O/c12-10-6(4-20)9(11(15,16)17)18-19(10)8-2-1-5(13)3-7(8)14/h1-3,20H,4H2. The van der Waals surface area contributed by atoms with Gasteiger partial charge in [0.15, 0.2) is 11.5 Å². The first kappa shape index (κ1) is 14.7. The second kappa shape index (κ2) is 5.02. The van der Waals surface area contributed by atoms with Crippen LogP contribution in [0.25, 0.3) is 5.69 Å². The number of alkyl halides is 3. The van der Waals surface area contributed by atoms with Gasteiger partial charge in [0.25, 0.3) is 0 Å². The average molecular weight is 313 g/mol. The number of nitrogens with zero attached hydrogens (tertiary/aromatic N) is 2. The molecular weight excluding hydrogens is 307 g/mol. The number of hydrogen-bond acceptors (Lipinski definition) is 2. The Labute approximate surface area is 114 Å². The van der Waals surface area contributed by atoms with Crippen molar-refractivity contribution in [3.05, 3.63) is 46.2 Å². The fourth-order valence-electron chi connectivity index (χ4n) is 1.61. The maximum absolute atomic E-state index is 13.6. The molecule has 0 fully saturated rings. The van der Waals surface area contributed by atoms with E-state index in [1.165, 1.54) is 0 Å². The number of aliphatic hydroxyl groups is 1. The normalized spacial score (nSPS) is 11.9. The van der Waals surface area contributed by atoms with Gasteiger partial charge in [0, 0.05) is 11.6 Å². The second-order valence-corrected chi connectivity index (χ2v) is 4.14. The van der Waals surface area contributed by atoms with Gasteiger partial charge >= 0.3 is 6.18 Å². The third-order valence-electron chi connectivity index (χ3n) is 2.49. The van der Waals surface area contributed by atoms with Gasteiger partial charge in [-0.1, -0.05) is 11.6 Å². The summed E-state index contributed by atoms with van der Waals surface area (Å²) in [6.07, 6.45) is -4.86. The molecule has 9 heteroatoms. The molecule has 0 unspecified atom stereocenters. The molecule has 1 N–H and O–H groups in total. The van der Waals surface area contributed by atoms with Crippen LogP contribution in [-0.2, 0) is 12.8 Å². The van der Waals surface area contributed by atoms with E-state index in [1.807, 2.05) is 0 Å². The van der Waals surface area contributed by atoms with Gasteiger partial charge in [0.2, 0.25) is 0 Å². The van der Waals surface area contributed by atoms with E-state index in [1.54, 1.807) is 0 Å². The lowest BCUT2D eigenvalue weighted by Gasteiger charge is -2.05. The summed E-state index contributed by atoms with van der Waals surface area (Å²) in [4.78, 5) is 0. The first-order valence-electron chi connectivity index (χ1n) is 5.16. The first-order valence-corrected chi connectivity index (χ1v) is 5.54. The van der Waals surface area contributed by atoms with Gasteiger partial charge in [-0.15, -0.1) is 0 Å². The van der Waals surface area contributed by atoms with Crippen LogP contribution in [0.1, 0.15) is 11.3 Å². The Balaban J connectivity index is 2.67. The minimum atomic E-state index is -4.86. The van der Waals surface area contributed by atoms with Crippen LogP contribution in [0.4, 0.5) is 22.0 Å². The zero-order valence-electron chi connectivity index (χ0n) is 9.55. The minimum absolute atomic E-state index is 0.457. The highest BCUT2D eigenvalue weighted by Crippen LogP contribution is 2.35. The molecule has 108 valence electrons. The lowest BCUT2D eigenvalue weighted by Crippen LogP contribution is -2.10.